The van der Waals surface area contributed by atoms with Crippen molar-refractivity contribution in [3.05, 3.63) is 51.6 Å². The molecule has 0 aliphatic carbocycles. The Labute approximate surface area is 418 Å². The second kappa shape index (κ2) is 24.6. The molecule has 0 aliphatic rings. The first-order valence-electron chi connectivity index (χ1n) is 27.9. The van der Waals surface area contributed by atoms with Crippen LogP contribution in [0.4, 0.5) is 0 Å². The van der Waals surface area contributed by atoms with Gasteiger partial charge in [-0.2, -0.15) is 0 Å². The van der Waals surface area contributed by atoms with Crippen molar-refractivity contribution in [2.24, 2.45) is 0 Å². The standard InChI is InChI=1S/C21H40N2.2C20H38N2/c1-10-13-14-15-21(8,9)17-16(19(4,5)11-2)22-18(23-17)20(6,7)12-3;2*1-10-13-14-20(8,9)16-15(18(4,5)11-2)21-17(22-16)19(6,7)12-3/h10-15H2,1-9H3,(H,22,23);2*10-14H2,1-9H3,(H,21,22). The van der Waals surface area contributed by atoms with Crippen LogP contribution in [0.5, 0.6) is 0 Å². The van der Waals surface area contributed by atoms with E-state index in [9.17, 15) is 0 Å². The predicted octanol–water partition coefficient (Wildman–Crippen LogP) is 19.1. The average Bonchev–Trinajstić information content (AvgIpc) is 4.06. The Morgan fingerprint density at radius 2 is 0.478 bits per heavy atom. The van der Waals surface area contributed by atoms with Crippen molar-refractivity contribution in [1.82, 2.24) is 29.9 Å². The lowest BCUT2D eigenvalue weighted by Gasteiger charge is -2.30. The summed E-state index contributed by atoms with van der Waals surface area (Å²) in [6.45, 7) is 62.3. The third-order valence-corrected chi connectivity index (χ3v) is 17.0. The fourth-order valence-electron chi connectivity index (χ4n) is 8.46. The van der Waals surface area contributed by atoms with Crippen LogP contribution in [0.2, 0.25) is 0 Å². The molecule has 0 saturated carbocycles. The molecule has 3 heterocycles. The van der Waals surface area contributed by atoms with E-state index in [1.807, 2.05) is 0 Å². The van der Waals surface area contributed by atoms with E-state index < -0.39 is 0 Å². The molecule has 0 unspecified atom stereocenters. The van der Waals surface area contributed by atoms with Crippen LogP contribution in [-0.4, -0.2) is 29.9 Å². The number of hydrogen-bond acceptors (Lipinski definition) is 3. The minimum atomic E-state index is 0.107. The van der Waals surface area contributed by atoms with Gasteiger partial charge in [0.1, 0.15) is 17.5 Å². The molecule has 0 atom stereocenters. The Morgan fingerprint density at radius 3 is 0.672 bits per heavy atom. The van der Waals surface area contributed by atoms with E-state index in [1.54, 1.807) is 0 Å². The minimum absolute atomic E-state index is 0.107. The number of hydrogen-bond donors (Lipinski definition) is 3. The van der Waals surface area contributed by atoms with Crippen LogP contribution in [0.1, 0.15) is 341 Å². The van der Waals surface area contributed by atoms with Crippen LogP contribution < -0.4 is 0 Å². The first kappa shape index (κ1) is 62.6. The maximum atomic E-state index is 5.16. The Balaban J connectivity index is 0.000000503. The van der Waals surface area contributed by atoms with Gasteiger partial charge in [0, 0.05) is 65.8 Å². The average molecular weight is 934 g/mol. The summed E-state index contributed by atoms with van der Waals surface area (Å²) in [5.74, 6) is 3.48. The summed E-state index contributed by atoms with van der Waals surface area (Å²) in [5.41, 5.74) is 9.13. The third-order valence-electron chi connectivity index (χ3n) is 17.0. The highest BCUT2D eigenvalue weighted by atomic mass is 15.0. The van der Waals surface area contributed by atoms with Gasteiger partial charge in [0.05, 0.1) is 17.1 Å². The van der Waals surface area contributed by atoms with Gasteiger partial charge in [0.15, 0.2) is 0 Å². The molecule has 3 aromatic rings. The molecule has 6 nitrogen and oxygen atoms in total. The van der Waals surface area contributed by atoms with Crippen LogP contribution in [0.25, 0.3) is 0 Å². The number of nitrogens with zero attached hydrogens (tertiary/aromatic N) is 3. The number of rotatable bonds is 25. The molecular formula is C61H116N6. The number of unbranched alkanes of at least 4 members (excludes halogenated alkanes) is 4. The third kappa shape index (κ3) is 16.3. The summed E-state index contributed by atoms with van der Waals surface area (Å²) in [4.78, 5) is 26.7. The van der Waals surface area contributed by atoms with Crippen molar-refractivity contribution in [2.45, 2.75) is 338 Å². The molecular weight excluding hydrogens is 817 g/mol. The number of H-pyrrole nitrogens is 3. The van der Waals surface area contributed by atoms with Crippen molar-refractivity contribution in [1.29, 1.82) is 0 Å². The van der Waals surface area contributed by atoms with E-state index in [2.05, 4.69) is 202 Å². The van der Waals surface area contributed by atoms with E-state index in [4.69, 9.17) is 15.0 Å². The van der Waals surface area contributed by atoms with Crippen LogP contribution >= 0.6 is 0 Å². The molecule has 0 fully saturated rings. The summed E-state index contributed by atoms with van der Waals surface area (Å²) in [6, 6.07) is 0. The van der Waals surface area contributed by atoms with Crippen LogP contribution in [0, 0.1) is 0 Å². The molecule has 0 aliphatic heterocycles. The molecule has 3 rings (SSSR count). The highest BCUT2D eigenvalue weighted by molar-refractivity contribution is 5.33. The number of aromatic amines is 3. The molecule has 3 aromatic heterocycles. The van der Waals surface area contributed by atoms with Crippen LogP contribution in [-0.2, 0) is 48.7 Å². The van der Waals surface area contributed by atoms with Crippen LogP contribution in [0.15, 0.2) is 0 Å². The highest BCUT2D eigenvalue weighted by Gasteiger charge is 2.39. The Hall–Kier alpha value is -2.37. The van der Waals surface area contributed by atoms with Gasteiger partial charge in [-0.3, -0.25) is 0 Å². The van der Waals surface area contributed by atoms with Gasteiger partial charge in [-0.25, -0.2) is 15.0 Å². The van der Waals surface area contributed by atoms with Gasteiger partial charge >= 0.3 is 0 Å². The normalized spacial score (nSPS) is 13.7. The fourth-order valence-corrected chi connectivity index (χ4v) is 8.46. The van der Waals surface area contributed by atoms with Gasteiger partial charge < -0.3 is 15.0 Å². The van der Waals surface area contributed by atoms with E-state index >= 15 is 0 Å². The maximum absolute atomic E-state index is 5.16. The predicted molar refractivity (Wildman–Crippen MR) is 298 cm³/mol. The second-order valence-corrected chi connectivity index (χ2v) is 26.7. The van der Waals surface area contributed by atoms with E-state index in [1.165, 1.54) is 98.4 Å². The molecule has 67 heavy (non-hydrogen) atoms. The van der Waals surface area contributed by atoms with Gasteiger partial charge in [-0.1, -0.05) is 232 Å². The van der Waals surface area contributed by atoms with Gasteiger partial charge in [0.25, 0.3) is 0 Å². The summed E-state index contributed by atoms with van der Waals surface area (Å²) in [6.07, 6.45) is 19.2. The van der Waals surface area contributed by atoms with Crippen molar-refractivity contribution in [2.75, 3.05) is 0 Å². The Kier molecular flexibility index (Phi) is 23.0. The summed E-state index contributed by atoms with van der Waals surface area (Å²) >= 11 is 0. The topological polar surface area (TPSA) is 86.0 Å². The largest absolute Gasteiger partial charge is 0.345 e. The molecule has 390 valence electrons. The van der Waals surface area contributed by atoms with E-state index in [0.717, 1.165) is 56.0 Å². The molecule has 0 saturated heterocycles. The Morgan fingerprint density at radius 1 is 0.269 bits per heavy atom. The van der Waals surface area contributed by atoms with Crippen molar-refractivity contribution in [3.8, 4) is 0 Å². The monoisotopic (exact) mass is 933 g/mol. The number of imidazole rings is 3. The lowest BCUT2D eigenvalue weighted by Crippen LogP contribution is -2.26. The molecule has 6 heteroatoms. The van der Waals surface area contributed by atoms with Gasteiger partial charge in [0.2, 0.25) is 0 Å². The number of aromatic nitrogens is 6. The van der Waals surface area contributed by atoms with Crippen molar-refractivity contribution in [3.63, 3.8) is 0 Å². The lowest BCUT2D eigenvalue weighted by molar-refractivity contribution is 0.413. The fraction of sp³-hybridized carbons (Fsp3) is 0.852. The van der Waals surface area contributed by atoms with Crippen LogP contribution in [0.3, 0.4) is 0 Å². The molecule has 0 radical (unpaired) electrons. The highest BCUT2D eigenvalue weighted by Crippen LogP contribution is 2.42. The van der Waals surface area contributed by atoms with Gasteiger partial charge in [-0.15, -0.1) is 0 Å². The zero-order valence-corrected chi connectivity index (χ0v) is 50.2. The van der Waals surface area contributed by atoms with Crippen molar-refractivity contribution >= 4 is 0 Å². The molecule has 3 N–H and O–H groups in total. The van der Waals surface area contributed by atoms with E-state index in [0.29, 0.717) is 0 Å². The maximum Gasteiger partial charge on any atom is 0.112 e. The minimum Gasteiger partial charge on any atom is -0.345 e. The van der Waals surface area contributed by atoms with Crippen molar-refractivity contribution < 1.29 is 0 Å². The molecule has 0 aromatic carbocycles. The lowest BCUT2D eigenvalue weighted by atomic mass is 9.76. The SMILES string of the molecule is CCCCC(C)(C)c1nc(C(C)(C)CC)[nH]c1C(C)(C)CC.CCCCC(C)(C)c1nc(C(C)(C)CC)[nH]c1C(C)(C)CC.CCCCCC(C)(C)c1nc(C(C)(C)CC)[nH]c1C(C)(C)CC. The first-order valence-corrected chi connectivity index (χ1v) is 27.9. The molecule has 0 spiro atoms. The number of nitrogens with one attached hydrogen (secondary N) is 3. The zero-order chi connectivity index (χ0) is 52.3. The quantitative estimate of drug-likeness (QED) is 0.0740. The molecule has 0 bridgehead atoms. The second-order valence-electron chi connectivity index (χ2n) is 26.7. The first-order chi connectivity index (χ1) is 30.5. The summed E-state index contributed by atoms with van der Waals surface area (Å²) in [7, 11) is 0. The summed E-state index contributed by atoms with van der Waals surface area (Å²) < 4.78 is 0. The summed E-state index contributed by atoms with van der Waals surface area (Å²) in [5, 5.41) is 0. The van der Waals surface area contributed by atoms with Gasteiger partial charge in [-0.05, 0) is 57.8 Å². The Bertz CT molecular complexity index is 1790. The smallest absolute Gasteiger partial charge is 0.112 e. The molecule has 0 amide bonds. The van der Waals surface area contributed by atoms with E-state index in [-0.39, 0.29) is 48.7 Å². The zero-order valence-electron chi connectivity index (χ0n) is 50.2.